The van der Waals surface area contributed by atoms with Gasteiger partial charge in [0.1, 0.15) is 17.7 Å². The highest BCUT2D eigenvalue weighted by Gasteiger charge is 2.40. The van der Waals surface area contributed by atoms with Gasteiger partial charge in [-0.15, -0.1) is 0 Å². The van der Waals surface area contributed by atoms with E-state index < -0.39 is 23.9 Å². The molecule has 1 unspecified atom stereocenters. The van der Waals surface area contributed by atoms with Gasteiger partial charge in [0.2, 0.25) is 0 Å². The van der Waals surface area contributed by atoms with Gasteiger partial charge in [-0.25, -0.2) is 13.5 Å². The molecule has 0 aliphatic heterocycles. The van der Waals surface area contributed by atoms with Crippen LogP contribution in [0.3, 0.4) is 0 Å². The number of rotatable bonds is 4. The van der Waals surface area contributed by atoms with E-state index in [0.717, 1.165) is 36.5 Å². The summed E-state index contributed by atoms with van der Waals surface area (Å²) in [5.41, 5.74) is -0.138. The van der Waals surface area contributed by atoms with Crippen LogP contribution in [0.15, 0.2) is 47.6 Å². The van der Waals surface area contributed by atoms with E-state index >= 15 is 0 Å². The van der Waals surface area contributed by atoms with E-state index in [2.05, 4.69) is 9.71 Å². The normalized spacial score (nSPS) is 13.2. The first kappa shape index (κ1) is 15.7. The standard InChI is InChI=1S/C13H9F5N2S/c14-9-3-1-8(2-4-9)12(13(16,17)18)20-21-11-5-10(15)6-19-7-11/h1-7,12,20H. The molecule has 1 heterocycles. The molecule has 8 heteroatoms. The van der Waals surface area contributed by atoms with Gasteiger partial charge >= 0.3 is 6.18 Å². The van der Waals surface area contributed by atoms with E-state index in [9.17, 15) is 22.0 Å². The fourth-order valence-corrected chi connectivity index (χ4v) is 2.36. The fraction of sp³-hybridized carbons (Fsp3) is 0.154. The van der Waals surface area contributed by atoms with Gasteiger partial charge in [-0.1, -0.05) is 12.1 Å². The van der Waals surface area contributed by atoms with E-state index in [-0.39, 0.29) is 10.5 Å². The molecule has 0 aliphatic rings. The van der Waals surface area contributed by atoms with Crippen LogP contribution in [0.4, 0.5) is 22.0 Å². The average Bonchev–Trinajstić information content (AvgIpc) is 2.39. The molecule has 0 fully saturated rings. The van der Waals surface area contributed by atoms with Crippen molar-refractivity contribution >= 4 is 11.9 Å². The predicted octanol–water partition coefficient (Wildman–Crippen LogP) is 4.26. The van der Waals surface area contributed by atoms with Gasteiger partial charge in [-0.05, 0) is 35.7 Å². The Kier molecular flexibility index (Phi) is 4.79. The molecule has 1 aromatic heterocycles. The monoisotopic (exact) mass is 320 g/mol. The summed E-state index contributed by atoms with van der Waals surface area (Å²) in [7, 11) is 0. The lowest BCUT2D eigenvalue weighted by atomic mass is 10.1. The third-order valence-corrected chi connectivity index (χ3v) is 3.32. The summed E-state index contributed by atoms with van der Waals surface area (Å²) in [6.07, 6.45) is -2.39. The summed E-state index contributed by atoms with van der Waals surface area (Å²) in [5, 5.41) is 0. The third kappa shape index (κ3) is 4.40. The zero-order chi connectivity index (χ0) is 15.5. The first-order valence-electron chi connectivity index (χ1n) is 5.71. The molecule has 0 saturated carbocycles. The van der Waals surface area contributed by atoms with Crippen molar-refractivity contribution in [1.82, 2.24) is 9.71 Å². The third-order valence-electron chi connectivity index (χ3n) is 2.51. The van der Waals surface area contributed by atoms with Crippen molar-refractivity contribution in [1.29, 1.82) is 0 Å². The summed E-state index contributed by atoms with van der Waals surface area (Å²) in [6, 6.07) is 3.04. The van der Waals surface area contributed by atoms with Crippen molar-refractivity contribution in [3.63, 3.8) is 0 Å². The number of hydrogen-bond acceptors (Lipinski definition) is 3. The van der Waals surface area contributed by atoms with Crippen LogP contribution in [0.2, 0.25) is 0 Å². The quantitative estimate of drug-likeness (QED) is 0.673. The van der Waals surface area contributed by atoms with Crippen LogP contribution in [-0.4, -0.2) is 11.2 Å². The van der Waals surface area contributed by atoms with E-state index in [1.807, 2.05) is 0 Å². The molecule has 2 nitrogen and oxygen atoms in total. The fourth-order valence-electron chi connectivity index (χ4n) is 1.55. The Morgan fingerprint density at radius 1 is 1.00 bits per heavy atom. The van der Waals surface area contributed by atoms with Crippen molar-refractivity contribution in [2.24, 2.45) is 0 Å². The van der Waals surface area contributed by atoms with Crippen molar-refractivity contribution in [2.75, 3.05) is 0 Å². The SMILES string of the molecule is Fc1ccc(C(NSc2cncc(F)c2)C(F)(F)F)cc1. The van der Waals surface area contributed by atoms with Crippen LogP contribution in [0.1, 0.15) is 11.6 Å². The lowest BCUT2D eigenvalue weighted by Crippen LogP contribution is -2.30. The molecule has 1 atom stereocenters. The minimum absolute atomic E-state index is 0.138. The zero-order valence-corrected chi connectivity index (χ0v) is 11.2. The summed E-state index contributed by atoms with van der Waals surface area (Å²) in [5.74, 6) is -1.27. The first-order valence-corrected chi connectivity index (χ1v) is 6.53. The molecule has 2 aromatic rings. The largest absolute Gasteiger partial charge is 0.408 e. The number of nitrogens with zero attached hydrogens (tertiary/aromatic N) is 1. The average molecular weight is 320 g/mol. The smallest absolute Gasteiger partial charge is 0.260 e. The lowest BCUT2D eigenvalue weighted by molar-refractivity contribution is -0.152. The maximum absolute atomic E-state index is 13.0. The predicted molar refractivity (Wildman–Crippen MR) is 68.4 cm³/mol. The maximum Gasteiger partial charge on any atom is 0.408 e. The molecule has 0 radical (unpaired) electrons. The van der Waals surface area contributed by atoms with Gasteiger partial charge in [0.15, 0.2) is 0 Å². The highest BCUT2D eigenvalue weighted by Crippen LogP contribution is 2.35. The minimum atomic E-state index is -4.58. The van der Waals surface area contributed by atoms with Crippen LogP contribution >= 0.6 is 11.9 Å². The van der Waals surface area contributed by atoms with Gasteiger partial charge in [-0.3, -0.25) is 4.98 Å². The number of hydrogen-bond donors (Lipinski definition) is 1. The Bertz CT molecular complexity index is 600. The Morgan fingerprint density at radius 2 is 1.67 bits per heavy atom. The molecule has 0 amide bonds. The molecular weight excluding hydrogens is 311 g/mol. The van der Waals surface area contributed by atoms with Gasteiger partial charge in [0, 0.05) is 11.1 Å². The van der Waals surface area contributed by atoms with Crippen molar-refractivity contribution in [3.8, 4) is 0 Å². The number of alkyl halides is 3. The van der Waals surface area contributed by atoms with Crippen LogP contribution in [-0.2, 0) is 0 Å². The van der Waals surface area contributed by atoms with E-state index in [1.54, 1.807) is 0 Å². The second-order valence-corrected chi connectivity index (χ2v) is 5.00. The Morgan fingerprint density at radius 3 is 2.24 bits per heavy atom. The van der Waals surface area contributed by atoms with Gasteiger partial charge in [0.05, 0.1) is 6.20 Å². The van der Waals surface area contributed by atoms with Gasteiger partial charge in [0.25, 0.3) is 0 Å². The van der Waals surface area contributed by atoms with Crippen molar-refractivity contribution in [2.45, 2.75) is 17.1 Å². The highest BCUT2D eigenvalue weighted by atomic mass is 32.2. The number of halogens is 5. The second kappa shape index (κ2) is 6.40. The lowest BCUT2D eigenvalue weighted by Gasteiger charge is -2.21. The molecule has 0 bridgehead atoms. The summed E-state index contributed by atoms with van der Waals surface area (Å²) in [4.78, 5) is 3.74. The second-order valence-electron chi connectivity index (χ2n) is 4.08. The van der Waals surface area contributed by atoms with Crippen LogP contribution in [0.25, 0.3) is 0 Å². The van der Waals surface area contributed by atoms with Gasteiger partial charge < -0.3 is 0 Å². The van der Waals surface area contributed by atoms with E-state index in [1.165, 1.54) is 6.20 Å². The molecule has 0 spiro atoms. The van der Waals surface area contributed by atoms with Crippen molar-refractivity contribution < 1.29 is 22.0 Å². The zero-order valence-electron chi connectivity index (χ0n) is 10.4. The Hall–Kier alpha value is -1.67. The topological polar surface area (TPSA) is 24.9 Å². The molecule has 112 valence electrons. The van der Waals surface area contributed by atoms with E-state index in [0.29, 0.717) is 11.9 Å². The number of aromatic nitrogens is 1. The van der Waals surface area contributed by atoms with Crippen LogP contribution in [0, 0.1) is 11.6 Å². The minimum Gasteiger partial charge on any atom is -0.260 e. The first-order chi connectivity index (χ1) is 9.86. The number of nitrogens with one attached hydrogen (secondary N) is 1. The Balaban J connectivity index is 2.16. The molecule has 0 aliphatic carbocycles. The van der Waals surface area contributed by atoms with E-state index in [4.69, 9.17) is 0 Å². The van der Waals surface area contributed by atoms with Crippen molar-refractivity contribution in [3.05, 3.63) is 59.9 Å². The number of benzene rings is 1. The molecule has 2 rings (SSSR count). The summed E-state index contributed by atoms with van der Waals surface area (Å²) in [6.45, 7) is 0. The molecule has 1 N–H and O–H groups in total. The van der Waals surface area contributed by atoms with Crippen LogP contribution < -0.4 is 4.72 Å². The Labute approximate surface area is 121 Å². The maximum atomic E-state index is 13.0. The summed E-state index contributed by atoms with van der Waals surface area (Å²) < 4.78 is 67.0. The molecule has 0 saturated heterocycles. The van der Waals surface area contributed by atoms with Gasteiger partial charge in [-0.2, -0.15) is 13.2 Å². The molecule has 21 heavy (non-hydrogen) atoms. The summed E-state index contributed by atoms with van der Waals surface area (Å²) >= 11 is 0.602. The molecule has 1 aromatic carbocycles. The highest BCUT2D eigenvalue weighted by molar-refractivity contribution is 7.97. The molecular formula is C13H9F5N2S. The number of pyridine rings is 1. The van der Waals surface area contributed by atoms with Crippen LogP contribution in [0.5, 0.6) is 0 Å².